The number of hydrogen-bond donors (Lipinski definition) is 23. The number of rotatable bonds is 35. The van der Waals surface area contributed by atoms with E-state index in [0.29, 0.717) is 51.6 Å². The molecule has 6 aliphatic rings. The van der Waals surface area contributed by atoms with E-state index in [0.717, 1.165) is 0 Å². The van der Waals surface area contributed by atoms with Crippen molar-refractivity contribution in [1.82, 2.24) is 16.0 Å². The summed E-state index contributed by atoms with van der Waals surface area (Å²) < 4.78 is 66.3. The van der Waals surface area contributed by atoms with Gasteiger partial charge in [-0.1, -0.05) is 0 Å². The van der Waals surface area contributed by atoms with Crippen LogP contribution in [0.3, 0.4) is 0 Å². The number of carbonyl (C=O) groups excluding carboxylic acids is 4. The molecule has 0 spiro atoms. The molecule has 0 aliphatic carbocycles. The summed E-state index contributed by atoms with van der Waals surface area (Å²) in [5.74, 6) is -0.567. The molecule has 30 atom stereocenters. The first-order valence-electron chi connectivity index (χ1n) is 32.0. The second kappa shape index (κ2) is 41.7. The van der Waals surface area contributed by atoms with Gasteiger partial charge in [-0.3, -0.25) is 19.2 Å². The van der Waals surface area contributed by atoms with E-state index in [9.17, 15) is 121 Å². The first-order chi connectivity index (χ1) is 45.7. The highest BCUT2D eigenvalue weighted by atomic mass is 16.8. The zero-order valence-electron chi connectivity index (χ0n) is 53.1. The Morgan fingerprint density at radius 1 is 0.312 bits per heavy atom. The summed E-state index contributed by atoms with van der Waals surface area (Å²) in [4.78, 5) is 47.5. The third-order valence-corrected chi connectivity index (χ3v) is 16.6. The third-order valence-electron chi connectivity index (χ3n) is 16.6. The van der Waals surface area contributed by atoms with Gasteiger partial charge in [-0.15, -0.1) is 0 Å². The molecule has 560 valence electrons. The maximum absolute atomic E-state index is 12.3. The second-order valence-electron chi connectivity index (χ2n) is 23.8. The lowest BCUT2D eigenvalue weighted by Crippen LogP contribution is -2.65. The molecule has 6 fully saturated rings. The van der Waals surface area contributed by atoms with Crippen LogP contribution in [0.5, 0.6) is 0 Å². The van der Waals surface area contributed by atoms with Crippen LogP contribution in [-0.4, -0.2) is 382 Å². The molecule has 0 aromatic carbocycles. The average molecular weight is 1400 g/mol. The van der Waals surface area contributed by atoms with Crippen molar-refractivity contribution in [3.8, 4) is 0 Å². The Morgan fingerprint density at radius 3 is 0.958 bits per heavy atom. The van der Waals surface area contributed by atoms with Crippen LogP contribution in [0.1, 0.15) is 78.1 Å². The van der Waals surface area contributed by atoms with Gasteiger partial charge < -0.3 is 175 Å². The first-order valence-corrected chi connectivity index (χ1v) is 32.0. The van der Waals surface area contributed by atoms with E-state index in [1.165, 1.54) is 0 Å². The highest BCUT2D eigenvalue weighted by molar-refractivity contribution is 5.79. The molecule has 0 saturated carbocycles. The highest BCUT2D eigenvalue weighted by Crippen LogP contribution is 2.34. The van der Waals surface area contributed by atoms with Crippen molar-refractivity contribution in [2.24, 2.45) is 0 Å². The minimum absolute atomic E-state index is 0.0332. The van der Waals surface area contributed by atoms with Crippen LogP contribution in [0.4, 0.5) is 0 Å². The lowest BCUT2D eigenvalue weighted by atomic mass is 9.96. The molecule has 6 rings (SSSR count). The van der Waals surface area contributed by atoms with E-state index < -0.39 is 224 Å². The van der Waals surface area contributed by atoms with Crippen LogP contribution in [0.2, 0.25) is 0 Å². The normalized spacial score (nSPS) is 40.4. The molecule has 0 aromatic heterocycles. The summed E-state index contributed by atoms with van der Waals surface area (Å²) in [7, 11) is 0. The maximum atomic E-state index is 12.3. The number of ether oxygens (including phenoxy) is 12. The molecule has 39 heteroatoms. The fourth-order valence-corrected chi connectivity index (χ4v) is 10.9. The Bertz CT molecular complexity index is 2100. The largest absolute Gasteiger partial charge is 0.394 e. The van der Waals surface area contributed by atoms with E-state index in [1.807, 2.05) is 6.92 Å². The van der Waals surface area contributed by atoms with Crippen molar-refractivity contribution < 1.29 is 178 Å². The summed E-state index contributed by atoms with van der Waals surface area (Å²) in [6.45, 7) is 0.126. The summed E-state index contributed by atoms with van der Waals surface area (Å²) >= 11 is 0. The lowest BCUT2D eigenvalue weighted by Gasteiger charge is -2.46. The standard InChI is InChI=1S/C29H51NO18.C28H50N2O18/c1-2-30-17(34)8-4-3-6-13(33)7-5-9-43-28-25(42)26(48-29-24(41)22(39)19(36)15(11-32)46-29)20(37)16(47-28)12-44-27-23(40)21(38)18(35)14(10-31)45-27;1-2-29-15(33)5-3-4-6-16(34)30-7-8-43-27-24(42)25(48-28-23(41)21(39)18(36)13(10-32)46-28)19(37)14(47-27)11-44-26-22(40)20(38)17(35)12(9-31)45-26/h14-16,18-29,31-32,35-42H,2-12H2,1H3,(H,30,34);12-14,17-28,31-32,35-42H,2-11H2,1H3,(H,29,33)(H,30,34)/t14-,15-,16-,18-,19-,20-,21+,22+,23+,24+,25+,26+,27+,28+,29-;12-,13-,14-,17-,18-,19-,20+,21+,22+,23+,24+,25+,26+,27+,28-/m11/s1. The van der Waals surface area contributed by atoms with Gasteiger partial charge in [0, 0.05) is 51.7 Å². The van der Waals surface area contributed by atoms with Gasteiger partial charge in [0.25, 0.3) is 0 Å². The van der Waals surface area contributed by atoms with Crippen LogP contribution in [0.25, 0.3) is 0 Å². The van der Waals surface area contributed by atoms with Gasteiger partial charge in [0.2, 0.25) is 17.7 Å². The minimum atomic E-state index is -1.88. The number of hydrogen-bond acceptors (Lipinski definition) is 36. The minimum Gasteiger partial charge on any atom is -0.394 e. The van der Waals surface area contributed by atoms with Crippen molar-refractivity contribution in [3.63, 3.8) is 0 Å². The van der Waals surface area contributed by atoms with E-state index in [4.69, 9.17) is 56.8 Å². The van der Waals surface area contributed by atoms with Crippen molar-refractivity contribution in [2.75, 3.05) is 72.5 Å². The van der Waals surface area contributed by atoms with E-state index in [1.54, 1.807) is 6.92 Å². The summed E-state index contributed by atoms with van der Waals surface area (Å²) in [6.07, 6.45) is -46.1. The molecule has 0 radical (unpaired) electrons. The number of aliphatic hydroxyl groups excluding tert-OH is 20. The van der Waals surface area contributed by atoms with Gasteiger partial charge in [-0.2, -0.15) is 0 Å². The topological polar surface area (TPSA) is 620 Å². The Kier molecular flexibility index (Phi) is 36.2. The Morgan fingerprint density at radius 2 is 0.604 bits per heavy atom. The van der Waals surface area contributed by atoms with Crippen molar-refractivity contribution in [2.45, 2.75) is 262 Å². The van der Waals surface area contributed by atoms with Crippen molar-refractivity contribution in [1.29, 1.82) is 0 Å². The molecule has 39 nitrogen and oxygen atoms in total. The average Bonchev–Trinajstić information content (AvgIpc) is 0.791. The van der Waals surface area contributed by atoms with Gasteiger partial charge in [0.15, 0.2) is 37.7 Å². The molecule has 23 N–H and O–H groups in total. The summed E-state index contributed by atoms with van der Waals surface area (Å²) in [6, 6.07) is 0. The quantitative estimate of drug-likeness (QED) is 0.0262. The number of aliphatic hydroxyl groups is 20. The number of carbonyl (C=O) groups is 4. The lowest BCUT2D eigenvalue weighted by molar-refractivity contribution is -0.366. The molecule has 6 aliphatic heterocycles. The molecule has 0 aromatic rings. The SMILES string of the molecule is CCNC(=O)CCCCC(=O)CCCO[C@H]1O[C@H](CO[C@H]2O[C@H](CO)[C@@H](O)[C@H](O)[C@@H]2O)[C@@H](O)[C@H](O[C@H]2O[C@H](CO)[C@@H](O)[C@H](O)[C@@H]2O)[C@@H]1O.CCNC(=O)CCCCC(=O)NCCO[C@H]1O[C@H](CO[C@H]2O[C@H](CO)[C@@H](O)[C@H](O)[C@@H]2O)[C@@H](O)[C@H](O[C@H]2O[C@H](CO)[C@@H](O)[C@H](O)[C@@H]2O)[C@@H]1O. The molecule has 0 bridgehead atoms. The number of Topliss-reactive ketones (excluding diaryl/α,β-unsaturated/α-hetero) is 1. The molecule has 96 heavy (non-hydrogen) atoms. The van der Waals surface area contributed by atoms with E-state index in [-0.39, 0.29) is 68.9 Å². The molecule has 3 amide bonds. The third kappa shape index (κ3) is 23.4. The summed E-state index contributed by atoms with van der Waals surface area (Å²) in [5, 5.41) is 212. The van der Waals surface area contributed by atoms with Gasteiger partial charge in [-0.05, 0) is 46.0 Å². The second-order valence-corrected chi connectivity index (χ2v) is 23.8. The Labute approximate surface area is 551 Å². The van der Waals surface area contributed by atoms with Crippen LogP contribution in [-0.2, 0) is 76.0 Å². The van der Waals surface area contributed by atoms with E-state index in [2.05, 4.69) is 16.0 Å². The van der Waals surface area contributed by atoms with Crippen LogP contribution in [0.15, 0.2) is 0 Å². The molecule has 0 unspecified atom stereocenters. The highest BCUT2D eigenvalue weighted by Gasteiger charge is 2.55. The van der Waals surface area contributed by atoms with Gasteiger partial charge in [0.05, 0.1) is 52.9 Å². The molecule has 6 heterocycles. The van der Waals surface area contributed by atoms with Crippen LogP contribution >= 0.6 is 0 Å². The fraction of sp³-hybridized carbons (Fsp3) is 0.930. The number of nitrogens with one attached hydrogen (secondary N) is 3. The number of ketones is 1. The molecular weight excluding hydrogens is 1300 g/mol. The number of unbranched alkanes of at least 4 members (excludes halogenated alkanes) is 2. The predicted molar refractivity (Wildman–Crippen MR) is 312 cm³/mol. The monoisotopic (exact) mass is 1400 g/mol. The van der Waals surface area contributed by atoms with Gasteiger partial charge in [0.1, 0.15) is 152 Å². The first kappa shape index (κ1) is 83.5. The van der Waals surface area contributed by atoms with Crippen LogP contribution in [0, 0.1) is 0 Å². The molecular formula is C57H101N3O36. The zero-order chi connectivity index (χ0) is 71.1. The van der Waals surface area contributed by atoms with Gasteiger partial charge in [-0.25, -0.2) is 0 Å². The fourth-order valence-electron chi connectivity index (χ4n) is 10.9. The van der Waals surface area contributed by atoms with Gasteiger partial charge >= 0.3 is 0 Å². The number of amides is 3. The predicted octanol–water partition coefficient (Wildman–Crippen LogP) is -12.2. The van der Waals surface area contributed by atoms with Crippen molar-refractivity contribution in [3.05, 3.63) is 0 Å². The summed E-state index contributed by atoms with van der Waals surface area (Å²) in [5.41, 5.74) is 0. The van der Waals surface area contributed by atoms with Crippen molar-refractivity contribution >= 4 is 23.5 Å². The molecule has 6 saturated heterocycles. The Balaban J connectivity index is 0.000000347. The van der Waals surface area contributed by atoms with Crippen LogP contribution < -0.4 is 16.0 Å². The zero-order valence-corrected chi connectivity index (χ0v) is 53.1. The maximum Gasteiger partial charge on any atom is 0.220 e. The Hall–Kier alpha value is -3.20. The van der Waals surface area contributed by atoms with E-state index >= 15 is 0 Å². The smallest absolute Gasteiger partial charge is 0.220 e.